The van der Waals surface area contributed by atoms with E-state index in [-0.39, 0.29) is 11.3 Å². The molecule has 1 aromatic carbocycles. The summed E-state index contributed by atoms with van der Waals surface area (Å²) in [4.78, 5) is 26.1. The fraction of sp³-hybridized carbons (Fsp3) is 0.143. The summed E-state index contributed by atoms with van der Waals surface area (Å²) in [5, 5.41) is 14.0. The number of anilines is 1. The van der Waals surface area contributed by atoms with Crippen LogP contribution >= 0.6 is 0 Å². The molecule has 7 nitrogen and oxygen atoms in total. The summed E-state index contributed by atoms with van der Waals surface area (Å²) in [5.74, 6) is -0.616. The van der Waals surface area contributed by atoms with Gasteiger partial charge in [0.1, 0.15) is 5.69 Å². The predicted molar refractivity (Wildman–Crippen MR) is 76.0 cm³/mol. The smallest absolute Gasteiger partial charge is 0.338 e. The molecule has 0 fully saturated rings. The van der Waals surface area contributed by atoms with Crippen molar-refractivity contribution in [2.45, 2.75) is 6.54 Å². The summed E-state index contributed by atoms with van der Waals surface area (Å²) >= 11 is 0. The normalized spacial score (nSPS) is 9.95. The lowest BCUT2D eigenvalue weighted by atomic mass is 10.1. The zero-order chi connectivity index (χ0) is 15.2. The van der Waals surface area contributed by atoms with Gasteiger partial charge in [0, 0.05) is 12.3 Å². The van der Waals surface area contributed by atoms with Crippen molar-refractivity contribution < 1.29 is 14.5 Å². The first-order valence-corrected chi connectivity index (χ1v) is 6.12. The Labute approximate surface area is 120 Å². The first-order chi connectivity index (χ1) is 10.1. The molecule has 0 amide bonds. The van der Waals surface area contributed by atoms with Crippen LogP contribution in [0.4, 0.5) is 11.4 Å². The molecule has 1 heterocycles. The second kappa shape index (κ2) is 6.47. The molecule has 108 valence electrons. The standard InChI is InChI=1S/C14H13N3O4/c1-21-14(18)10-5-6-12(13(8-10)17(19)20)16-9-11-4-2-3-7-15-11/h2-8,16H,9H2,1H3. The number of carbonyl (C=O) groups excluding carboxylic acids is 1. The molecule has 0 aliphatic rings. The van der Waals surface area contributed by atoms with Gasteiger partial charge in [-0.15, -0.1) is 0 Å². The predicted octanol–water partition coefficient (Wildman–Crippen LogP) is 2.39. The Morgan fingerprint density at radius 1 is 1.38 bits per heavy atom. The van der Waals surface area contributed by atoms with Gasteiger partial charge in [-0.1, -0.05) is 6.07 Å². The molecule has 0 aliphatic heterocycles. The minimum Gasteiger partial charge on any atom is -0.465 e. The molecule has 0 saturated carbocycles. The Balaban J connectivity index is 2.22. The Bertz CT molecular complexity index is 659. The minimum atomic E-state index is -0.616. The molecule has 7 heteroatoms. The largest absolute Gasteiger partial charge is 0.465 e. The highest BCUT2D eigenvalue weighted by Crippen LogP contribution is 2.26. The SMILES string of the molecule is COC(=O)c1ccc(NCc2ccccn2)c([N+](=O)[O-])c1. The van der Waals surface area contributed by atoms with Gasteiger partial charge >= 0.3 is 5.97 Å². The van der Waals surface area contributed by atoms with Crippen molar-refractivity contribution in [1.82, 2.24) is 4.98 Å². The highest BCUT2D eigenvalue weighted by Gasteiger charge is 2.17. The summed E-state index contributed by atoms with van der Waals surface area (Å²) in [6.45, 7) is 0.346. The molecule has 1 aromatic heterocycles. The van der Waals surface area contributed by atoms with E-state index in [2.05, 4.69) is 15.0 Å². The van der Waals surface area contributed by atoms with Gasteiger partial charge in [0.15, 0.2) is 0 Å². The number of methoxy groups -OCH3 is 1. The van der Waals surface area contributed by atoms with E-state index < -0.39 is 10.9 Å². The molecule has 21 heavy (non-hydrogen) atoms. The lowest BCUT2D eigenvalue weighted by Crippen LogP contribution is -2.06. The van der Waals surface area contributed by atoms with E-state index in [0.29, 0.717) is 12.2 Å². The van der Waals surface area contributed by atoms with Crippen LogP contribution in [0.1, 0.15) is 16.1 Å². The number of aromatic nitrogens is 1. The van der Waals surface area contributed by atoms with Crippen molar-refractivity contribution >= 4 is 17.3 Å². The van der Waals surface area contributed by atoms with Crippen LogP contribution in [-0.2, 0) is 11.3 Å². The van der Waals surface area contributed by atoms with Gasteiger partial charge in [-0.2, -0.15) is 0 Å². The number of ether oxygens (including phenoxy) is 1. The Morgan fingerprint density at radius 3 is 2.81 bits per heavy atom. The number of nitrogens with zero attached hydrogens (tertiary/aromatic N) is 2. The molecular weight excluding hydrogens is 274 g/mol. The number of pyridine rings is 1. The quantitative estimate of drug-likeness (QED) is 0.515. The number of hydrogen-bond acceptors (Lipinski definition) is 6. The van der Waals surface area contributed by atoms with Gasteiger partial charge in [0.25, 0.3) is 5.69 Å². The van der Waals surface area contributed by atoms with Crippen molar-refractivity contribution in [3.8, 4) is 0 Å². The molecule has 0 radical (unpaired) electrons. The van der Waals surface area contributed by atoms with Gasteiger partial charge in [-0.05, 0) is 24.3 Å². The topological polar surface area (TPSA) is 94.4 Å². The molecule has 0 unspecified atom stereocenters. The summed E-state index contributed by atoms with van der Waals surface area (Å²) < 4.78 is 4.55. The second-order valence-corrected chi connectivity index (χ2v) is 4.16. The Hall–Kier alpha value is -2.96. The summed E-state index contributed by atoms with van der Waals surface area (Å²) in [6.07, 6.45) is 1.64. The third-order valence-corrected chi connectivity index (χ3v) is 2.80. The number of carbonyl (C=O) groups is 1. The van der Waals surface area contributed by atoms with E-state index in [9.17, 15) is 14.9 Å². The molecule has 1 N–H and O–H groups in total. The van der Waals surface area contributed by atoms with Crippen LogP contribution in [0.3, 0.4) is 0 Å². The number of hydrogen-bond donors (Lipinski definition) is 1. The third-order valence-electron chi connectivity index (χ3n) is 2.80. The molecule has 2 aromatic rings. The van der Waals surface area contributed by atoms with E-state index in [1.807, 2.05) is 12.1 Å². The average Bonchev–Trinajstić information content (AvgIpc) is 2.52. The van der Waals surface area contributed by atoms with Crippen molar-refractivity contribution in [3.63, 3.8) is 0 Å². The van der Waals surface area contributed by atoms with Crippen molar-refractivity contribution in [3.05, 3.63) is 64.0 Å². The summed E-state index contributed by atoms with van der Waals surface area (Å²) in [5.41, 5.74) is 1.02. The number of benzene rings is 1. The maximum atomic E-state index is 11.4. The average molecular weight is 287 g/mol. The number of esters is 1. The highest BCUT2D eigenvalue weighted by molar-refractivity contribution is 5.91. The van der Waals surface area contributed by atoms with Crippen LogP contribution in [-0.4, -0.2) is 23.0 Å². The molecule has 2 rings (SSSR count). The third kappa shape index (κ3) is 3.53. The maximum absolute atomic E-state index is 11.4. The van der Waals surface area contributed by atoms with Gasteiger partial charge in [-0.3, -0.25) is 15.1 Å². The van der Waals surface area contributed by atoms with E-state index in [0.717, 1.165) is 5.69 Å². The molecular formula is C14H13N3O4. The molecule has 0 bridgehead atoms. The number of nitro benzene ring substituents is 1. The Morgan fingerprint density at radius 2 is 2.19 bits per heavy atom. The van der Waals surface area contributed by atoms with E-state index in [1.54, 1.807) is 12.3 Å². The lowest BCUT2D eigenvalue weighted by Gasteiger charge is -2.08. The van der Waals surface area contributed by atoms with E-state index >= 15 is 0 Å². The monoisotopic (exact) mass is 287 g/mol. The van der Waals surface area contributed by atoms with Crippen LogP contribution in [0.15, 0.2) is 42.6 Å². The number of nitro groups is 1. The van der Waals surface area contributed by atoms with Crippen LogP contribution < -0.4 is 5.32 Å². The van der Waals surface area contributed by atoms with Gasteiger partial charge < -0.3 is 10.1 Å². The summed E-state index contributed by atoms with van der Waals surface area (Å²) in [7, 11) is 1.22. The Kier molecular flexibility index (Phi) is 4.45. The maximum Gasteiger partial charge on any atom is 0.338 e. The van der Waals surface area contributed by atoms with Crippen LogP contribution in [0.5, 0.6) is 0 Å². The zero-order valence-corrected chi connectivity index (χ0v) is 11.3. The van der Waals surface area contributed by atoms with Gasteiger partial charge in [-0.25, -0.2) is 4.79 Å². The van der Waals surface area contributed by atoms with Crippen LogP contribution in [0, 0.1) is 10.1 Å². The van der Waals surface area contributed by atoms with Crippen LogP contribution in [0.2, 0.25) is 0 Å². The minimum absolute atomic E-state index is 0.132. The first kappa shape index (κ1) is 14.4. The van der Waals surface area contributed by atoms with Crippen molar-refractivity contribution in [2.75, 3.05) is 12.4 Å². The molecule has 0 aliphatic carbocycles. The van der Waals surface area contributed by atoms with Crippen LogP contribution in [0.25, 0.3) is 0 Å². The van der Waals surface area contributed by atoms with E-state index in [1.165, 1.54) is 25.3 Å². The van der Waals surface area contributed by atoms with E-state index in [4.69, 9.17) is 0 Å². The zero-order valence-electron chi connectivity index (χ0n) is 11.3. The fourth-order valence-corrected chi connectivity index (χ4v) is 1.77. The summed E-state index contributed by atoms with van der Waals surface area (Å²) in [6, 6.07) is 9.57. The first-order valence-electron chi connectivity index (χ1n) is 6.12. The fourth-order valence-electron chi connectivity index (χ4n) is 1.77. The van der Waals surface area contributed by atoms with Gasteiger partial charge in [0.05, 0.1) is 29.8 Å². The number of rotatable bonds is 5. The molecule has 0 saturated heterocycles. The molecule has 0 atom stereocenters. The van der Waals surface area contributed by atoms with Gasteiger partial charge in [0.2, 0.25) is 0 Å². The lowest BCUT2D eigenvalue weighted by molar-refractivity contribution is -0.384. The molecule has 0 spiro atoms. The highest BCUT2D eigenvalue weighted by atomic mass is 16.6. The number of nitrogens with one attached hydrogen (secondary N) is 1. The van der Waals surface area contributed by atoms with Crippen molar-refractivity contribution in [2.24, 2.45) is 0 Å². The second-order valence-electron chi connectivity index (χ2n) is 4.16. The van der Waals surface area contributed by atoms with Crippen molar-refractivity contribution in [1.29, 1.82) is 0 Å².